The van der Waals surface area contributed by atoms with Crippen LogP contribution in [-0.4, -0.2) is 12.1 Å². The number of pyridine rings is 1. The van der Waals surface area contributed by atoms with E-state index in [-0.39, 0.29) is 5.43 Å². The Morgan fingerprint density at radius 2 is 2.00 bits per heavy atom. The third-order valence-electron chi connectivity index (χ3n) is 2.98. The zero-order chi connectivity index (χ0) is 12.7. The van der Waals surface area contributed by atoms with Crippen LogP contribution in [0.25, 0.3) is 21.8 Å². The maximum atomic E-state index is 12.3. The van der Waals surface area contributed by atoms with E-state index in [0.717, 1.165) is 0 Å². The van der Waals surface area contributed by atoms with Crippen LogP contribution in [-0.2, 0) is 0 Å². The molecule has 0 aliphatic heterocycles. The van der Waals surface area contributed by atoms with Gasteiger partial charge in [-0.25, -0.2) is 0 Å². The number of hydrogen-bond donors (Lipinski definition) is 1. The first kappa shape index (κ1) is 11.1. The molecule has 0 amide bonds. The van der Waals surface area contributed by atoms with Crippen molar-refractivity contribution in [2.75, 3.05) is 7.11 Å². The maximum Gasteiger partial charge on any atom is 0.197 e. The van der Waals surface area contributed by atoms with Crippen LogP contribution < -0.4 is 10.2 Å². The summed E-state index contributed by atoms with van der Waals surface area (Å²) < 4.78 is 5.26. The predicted molar refractivity (Wildman–Crippen MR) is 73.6 cm³/mol. The van der Waals surface area contributed by atoms with Gasteiger partial charge in [-0.05, 0) is 30.3 Å². The second-order valence-electron chi connectivity index (χ2n) is 4.03. The molecule has 3 aromatic rings. The molecule has 2 aromatic carbocycles. The third kappa shape index (κ3) is 1.56. The largest absolute Gasteiger partial charge is 0.495 e. The second kappa shape index (κ2) is 4.03. The van der Waals surface area contributed by atoms with Gasteiger partial charge in [-0.1, -0.05) is 17.7 Å². The van der Waals surface area contributed by atoms with E-state index in [9.17, 15) is 4.79 Å². The summed E-state index contributed by atoms with van der Waals surface area (Å²) in [5.41, 5.74) is 1.39. The van der Waals surface area contributed by atoms with Gasteiger partial charge in [0.05, 0.1) is 18.1 Å². The number of methoxy groups -OCH3 is 1. The van der Waals surface area contributed by atoms with Crippen molar-refractivity contribution < 1.29 is 4.74 Å². The summed E-state index contributed by atoms with van der Waals surface area (Å²) in [7, 11) is 1.58. The Kier molecular flexibility index (Phi) is 2.49. The smallest absolute Gasteiger partial charge is 0.197 e. The summed E-state index contributed by atoms with van der Waals surface area (Å²) in [4.78, 5) is 15.5. The molecular weight excluding hydrogens is 250 g/mol. The van der Waals surface area contributed by atoms with Gasteiger partial charge in [-0.15, -0.1) is 0 Å². The number of H-pyrrole nitrogens is 1. The summed E-state index contributed by atoms with van der Waals surface area (Å²) in [6.07, 6.45) is 0. The van der Waals surface area contributed by atoms with Gasteiger partial charge in [0.2, 0.25) is 0 Å². The van der Waals surface area contributed by atoms with Crippen LogP contribution in [0.2, 0.25) is 5.02 Å². The van der Waals surface area contributed by atoms with Gasteiger partial charge < -0.3 is 9.72 Å². The van der Waals surface area contributed by atoms with Crippen LogP contribution in [0, 0.1) is 0 Å². The van der Waals surface area contributed by atoms with E-state index in [2.05, 4.69) is 4.98 Å². The van der Waals surface area contributed by atoms with Crippen LogP contribution in [0.15, 0.2) is 41.2 Å². The highest BCUT2D eigenvalue weighted by atomic mass is 35.5. The number of aromatic amines is 1. The minimum atomic E-state index is -0.0192. The van der Waals surface area contributed by atoms with E-state index >= 15 is 0 Å². The number of aromatic nitrogens is 1. The van der Waals surface area contributed by atoms with Crippen LogP contribution in [0.5, 0.6) is 5.75 Å². The lowest BCUT2D eigenvalue weighted by Gasteiger charge is -2.07. The van der Waals surface area contributed by atoms with E-state index in [1.165, 1.54) is 0 Å². The molecule has 0 unspecified atom stereocenters. The first-order valence-electron chi connectivity index (χ1n) is 5.49. The van der Waals surface area contributed by atoms with Crippen molar-refractivity contribution in [2.24, 2.45) is 0 Å². The Bertz CT molecular complexity index is 808. The summed E-state index contributed by atoms with van der Waals surface area (Å²) in [6, 6.07) is 10.6. The minimum absolute atomic E-state index is 0.0192. The quantitative estimate of drug-likeness (QED) is 0.681. The standard InChI is InChI=1S/C14H10ClNO2/c1-18-12-4-2-3-10-13(12)16-11-7-8(15)5-6-9(11)14(10)17/h2-7H,1H3,(H,16,17). The average molecular weight is 260 g/mol. The molecule has 0 fully saturated rings. The number of halogens is 1. The number of fused-ring (bicyclic) bond motifs is 2. The van der Waals surface area contributed by atoms with Gasteiger partial charge in [0, 0.05) is 15.8 Å². The molecule has 0 saturated carbocycles. The summed E-state index contributed by atoms with van der Waals surface area (Å²) in [5.74, 6) is 0.645. The van der Waals surface area contributed by atoms with Crippen LogP contribution in [0.3, 0.4) is 0 Å². The molecule has 3 rings (SSSR count). The average Bonchev–Trinajstić information content (AvgIpc) is 2.38. The molecule has 1 N–H and O–H groups in total. The number of hydrogen-bond acceptors (Lipinski definition) is 2. The summed E-state index contributed by atoms with van der Waals surface area (Å²) in [6.45, 7) is 0. The Labute approximate surface area is 108 Å². The molecule has 0 aliphatic carbocycles. The molecule has 0 spiro atoms. The Morgan fingerprint density at radius 1 is 1.17 bits per heavy atom. The lowest BCUT2D eigenvalue weighted by atomic mass is 10.1. The second-order valence-corrected chi connectivity index (χ2v) is 4.46. The molecule has 0 saturated heterocycles. The van der Waals surface area contributed by atoms with Crippen molar-refractivity contribution >= 4 is 33.4 Å². The molecule has 0 bridgehead atoms. The van der Waals surface area contributed by atoms with Gasteiger partial charge in [0.1, 0.15) is 5.75 Å². The van der Waals surface area contributed by atoms with Crippen LogP contribution >= 0.6 is 11.6 Å². The highest BCUT2D eigenvalue weighted by Gasteiger charge is 2.08. The lowest BCUT2D eigenvalue weighted by Crippen LogP contribution is -2.04. The fourth-order valence-electron chi connectivity index (χ4n) is 2.12. The zero-order valence-electron chi connectivity index (χ0n) is 9.66. The van der Waals surface area contributed by atoms with Gasteiger partial charge in [-0.3, -0.25) is 4.79 Å². The molecule has 1 aromatic heterocycles. The predicted octanol–water partition coefficient (Wildman–Crippen LogP) is 3.34. The summed E-state index contributed by atoms with van der Waals surface area (Å²) in [5, 5.41) is 1.83. The van der Waals surface area contributed by atoms with Crippen molar-refractivity contribution in [3.05, 3.63) is 51.6 Å². The Morgan fingerprint density at radius 3 is 2.78 bits per heavy atom. The molecule has 0 aliphatic rings. The highest BCUT2D eigenvalue weighted by molar-refractivity contribution is 6.31. The number of ether oxygens (including phenoxy) is 1. The molecule has 4 heteroatoms. The van der Waals surface area contributed by atoms with E-state index in [1.54, 1.807) is 37.4 Å². The molecule has 90 valence electrons. The van der Waals surface area contributed by atoms with Gasteiger partial charge >= 0.3 is 0 Å². The monoisotopic (exact) mass is 259 g/mol. The third-order valence-corrected chi connectivity index (χ3v) is 3.21. The fourth-order valence-corrected chi connectivity index (χ4v) is 2.29. The molecular formula is C14H10ClNO2. The Balaban J connectivity index is 2.56. The van der Waals surface area contributed by atoms with Gasteiger partial charge in [-0.2, -0.15) is 0 Å². The lowest BCUT2D eigenvalue weighted by molar-refractivity contribution is 0.419. The molecule has 18 heavy (non-hydrogen) atoms. The highest BCUT2D eigenvalue weighted by Crippen LogP contribution is 2.24. The van der Waals surface area contributed by atoms with Crippen LogP contribution in [0.1, 0.15) is 0 Å². The van der Waals surface area contributed by atoms with E-state index in [0.29, 0.717) is 32.6 Å². The van der Waals surface area contributed by atoms with Crippen molar-refractivity contribution in [3.8, 4) is 5.75 Å². The van der Waals surface area contributed by atoms with Crippen molar-refractivity contribution in [1.29, 1.82) is 0 Å². The molecule has 0 radical (unpaired) electrons. The maximum absolute atomic E-state index is 12.3. The normalized spacial score (nSPS) is 11.0. The number of benzene rings is 2. The SMILES string of the molecule is COc1cccc2c(=O)c3ccc(Cl)cc3[nH]c12. The molecule has 1 heterocycles. The Hall–Kier alpha value is -2.00. The fraction of sp³-hybridized carbons (Fsp3) is 0.0714. The van der Waals surface area contributed by atoms with Crippen LogP contribution in [0.4, 0.5) is 0 Å². The molecule has 3 nitrogen and oxygen atoms in total. The van der Waals surface area contributed by atoms with E-state index < -0.39 is 0 Å². The van der Waals surface area contributed by atoms with Gasteiger partial charge in [0.25, 0.3) is 0 Å². The van der Waals surface area contributed by atoms with Crippen molar-refractivity contribution in [2.45, 2.75) is 0 Å². The number of rotatable bonds is 1. The van der Waals surface area contributed by atoms with Crippen molar-refractivity contribution in [1.82, 2.24) is 4.98 Å². The summed E-state index contributed by atoms with van der Waals surface area (Å²) >= 11 is 5.94. The van der Waals surface area contributed by atoms with Gasteiger partial charge in [0.15, 0.2) is 5.43 Å². The molecule has 0 atom stereocenters. The van der Waals surface area contributed by atoms with E-state index in [1.807, 2.05) is 6.07 Å². The zero-order valence-corrected chi connectivity index (χ0v) is 10.4. The van der Waals surface area contributed by atoms with Crippen molar-refractivity contribution in [3.63, 3.8) is 0 Å². The first-order chi connectivity index (χ1) is 8.70. The topological polar surface area (TPSA) is 42.1 Å². The van der Waals surface area contributed by atoms with E-state index in [4.69, 9.17) is 16.3 Å². The first-order valence-corrected chi connectivity index (χ1v) is 5.87. The number of nitrogens with one attached hydrogen (secondary N) is 1. The minimum Gasteiger partial charge on any atom is -0.495 e. The number of para-hydroxylation sites is 1.